The van der Waals surface area contributed by atoms with Gasteiger partial charge in [0, 0.05) is 12.8 Å². The molecule has 0 aliphatic carbocycles. The highest BCUT2D eigenvalue weighted by Gasteiger charge is 2.22. The van der Waals surface area contributed by atoms with E-state index in [0.717, 1.165) is 77.0 Å². The van der Waals surface area contributed by atoms with Crippen molar-refractivity contribution in [1.82, 2.24) is 0 Å². The molecule has 9 nitrogen and oxygen atoms in total. The Bertz CT molecular complexity index is 1660. The lowest BCUT2D eigenvalue weighted by Crippen LogP contribution is -2.44. The number of aliphatic carboxylic acids is 1. The first-order valence-corrected chi connectivity index (χ1v) is 38.9. The van der Waals surface area contributed by atoms with Gasteiger partial charge in [0.1, 0.15) is 13.2 Å². The van der Waals surface area contributed by atoms with Gasteiger partial charge in [-0.3, -0.25) is 9.59 Å². The maximum absolute atomic E-state index is 12.9. The van der Waals surface area contributed by atoms with Crippen molar-refractivity contribution in [3.63, 3.8) is 0 Å². The number of quaternary nitrogens is 1. The average molecular weight is 1270 g/mol. The van der Waals surface area contributed by atoms with E-state index in [2.05, 4.69) is 74.6 Å². The van der Waals surface area contributed by atoms with E-state index in [9.17, 15) is 19.5 Å². The minimum absolute atomic E-state index is 0.147. The molecule has 0 aliphatic heterocycles. The second kappa shape index (κ2) is 71.8. The molecule has 0 saturated carbocycles. The summed E-state index contributed by atoms with van der Waals surface area (Å²) >= 11 is 0. The van der Waals surface area contributed by atoms with Crippen LogP contribution in [0.15, 0.2) is 60.8 Å². The third-order valence-corrected chi connectivity index (χ3v) is 17.5. The summed E-state index contributed by atoms with van der Waals surface area (Å²) < 4.78 is 22.8. The first-order valence-electron chi connectivity index (χ1n) is 38.9. The highest BCUT2D eigenvalue weighted by Crippen LogP contribution is 2.20. The van der Waals surface area contributed by atoms with Gasteiger partial charge < -0.3 is 33.3 Å². The first kappa shape index (κ1) is 87.0. The lowest BCUT2D eigenvalue weighted by atomic mass is 10.0. The Labute approximate surface area is 558 Å². The lowest BCUT2D eigenvalue weighted by Gasteiger charge is -2.26. The van der Waals surface area contributed by atoms with Crippen molar-refractivity contribution in [2.45, 2.75) is 392 Å². The van der Waals surface area contributed by atoms with E-state index in [-0.39, 0.29) is 32.2 Å². The maximum Gasteiger partial charge on any atom is 0.306 e. The van der Waals surface area contributed by atoms with Crippen LogP contribution in [0.5, 0.6) is 0 Å². The van der Waals surface area contributed by atoms with Crippen molar-refractivity contribution >= 4 is 17.9 Å². The van der Waals surface area contributed by atoms with Gasteiger partial charge in [-0.25, -0.2) is 0 Å². The molecular formula is C81H149NO8. The fourth-order valence-electron chi connectivity index (χ4n) is 11.6. The van der Waals surface area contributed by atoms with Gasteiger partial charge in [-0.15, -0.1) is 0 Å². The Balaban J connectivity index is 3.97. The van der Waals surface area contributed by atoms with Crippen LogP contribution in [0.4, 0.5) is 0 Å². The van der Waals surface area contributed by atoms with E-state index in [1.54, 1.807) is 0 Å². The molecule has 0 spiro atoms. The van der Waals surface area contributed by atoms with Gasteiger partial charge in [-0.05, 0) is 57.8 Å². The van der Waals surface area contributed by atoms with Gasteiger partial charge in [0.2, 0.25) is 0 Å². The van der Waals surface area contributed by atoms with Crippen molar-refractivity contribution in [1.29, 1.82) is 0 Å². The molecular weight excluding hydrogens is 1110 g/mol. The van der Waals surface area contributed by atoms with Crippen LogP contribution in [-0.2, 0) is 33.3 Å². The molecule has 0 aromatic carbocycles. The van der Waals surface area contributed by atoms with Crippen molar-refractivity contribution < 1.29 is 42.9 Å². The van der Waals surface area contributed by atoms with Crippen LogP contribution < -0.4 is 5.11 Å². The fraction of sp³-hybridized carbons (Fsp3) is 0.840. The number of hydrogen-bond acceptors (Lipinski definition) is 8. The minimum Gasteiger partial charge on any atom is -0.545 e. The zero-order chi connectivity index (χ0) is 65.4. The van der Waals surface area contributed by atoms with Crippen LogP contribution in [0.1, 0.15) is 380 Å². The van der Waals surface area contributed by atoms with Gasteiger partial charge in [0.15, 0.2) is 12.4 Å². The molecule has 0 bridgehead atoms. The van der Waals surface area contributed by atoms with Crippen molar-refractivity contribution in [2.75, 3.05) is 47.5 Å². The largest absolute Gasteiger partial charge is 0.545 e. The molecule has 526 valence electrons. The van der Waals surface area contributed by atoms with Crippen LogP contribution >= 0.6 is 0 Å². The molecule has 2 unspecified atom stereocenters. The molecule has 0 aromatic heterocycles. The Morgan fingerprint density at radius 1 is 0.344 bits per heavy atom. The molecule has 0 amide bonds. The maximum atomic E-state index is 12.9. The Morgan fingerprint density at radius 2 is 0.633 bits per heavy atom. The first-order chi connectivity index (χ1) is 44.1. The number of carbonyl (C=O) groups is 3. The normalized spacial score (nSPS) is 12.9. The molecule has 0 radical (unpaired) electrons. The van der Waals surface area contributed by atoms with Crippen molar-refractivity contribution in [3.8, 4) is 0 Å². The Morgan fingerprint density at radius 3 is 0.944 bits per heavy atom. The number of hydrogen-bond donors (Lipinski definition) is 0. The van der Waals surface area contributed by atoms with Crippen LogP contribution in [0, 0.1) is 0 Å². The van der Waals surface area contributed by atoms with Gasteiger partial charge in [0.05, 0.1) is 40.3 Å². The Kier molecular flexibility index (Phi) is 69.4. The second-order valence-corrected chi connectivity index (χ2v) is 27.6. The monoisotopic (exact) mass is 1260 g/mol. The molecule has 0 aromatic rings. The van der Waals surface area contributed by atoms with Gasteiger partial charge in [-0.1, -0.05) is 370 Å². The smallest absolute Gasteiger partial charge is 0.306 e. The number of esters is 2. The molecule has 9 heteroatoms. The van der Waals surface area contributed by atoms with E-state index in [0.29, 0.717) is 23.9 Å². The summed E-state index contributed by atoms with van der Waals surface area (Å²) in [7, 11) is 5.94. The Hall–Kier alpha value is -3.01. The standard InChI is InChI=1S/C81H149NO8/c1-6-8-10-12-14-16-18-20-22-24-26-28-30-32-34-35-36-37-38-39-40-41-42-43-44-46-47-49-51-53-55-57-59-61-63-65-67-69-71-78(83)88-75-77(76-89-81(80(85)86)87-74-73-82(3,4)5)90-79(84)72-70-68-66-64-62-60-58-56-54-52-50-48-45-33-31-29-27-25-23-21-19-17-15-13-11-9-7-2/h9,11,15,17,21,23,27,29,33,45,77,81H,6-8,10,12-14,16,18-20,22,24-26,28,30-32,34-44,46-76H2,1-5H3/b11-9-,17-15-,23-21-,29-27-,45-33-. The number of allylic oxidation sites excluding steroid dienone is 10. The number of rotatable bonds is 73. The average Bonchev–Trinajstić information content (AvgIpc) is 3.74. The summed E-state index contributed by atoms with van der Waals surface area (Å²) in [6.07, 6.45) is 92.0. The van der Waals surface area contributed by atoms with E-state index < -0.39 is 24.3 Å². The van der Waals surface area contributed by atoms with E-state index in [4.69, 9.17) is 18.9 Å². The molecule has 0 saturated heterocycles. The second-order valence-electron chi connectivity index (χ2n) is 27.6. The molecule has 0 rings (SSSR count). The third kappa shape index (κ3) is 72.4. The molecule has 90 heavy (non-hydrogen) atoms. The summed E-state index contributed by atoms with van der Waals surface area (Å²) in [5, 5.41) is 11.8. The summed E-state index contributed by atoms with van der Waals surface area (Å²) in [5.74, 6) is -2.27. The molecule has 0 aliphatic rings. The number of likely N-dealkylation sites (N-methyl/N-ethyl adjacent to an activating group) is 1. The quantitative estimate of drug-likeness (QED) is 0.0195. The number of carbonyl (C=O) groups excluding carboxylic acids is 3. The molecule has 2 atom stereocenters. The zero-order valence-electron chi connectivity index (χ0n) is 60.3. The number of carboxylic acid groups (broad SMARTS) is 1. The van der Waals surface area contributed by atoms with Crippen molar-refractivity contribution in [3.05, 3.63) is 60.8 Å². The van der Waals surface area contributed by atoms with Crippen LogP contribution in [0.25, 0.3) is 0 Å². The highest BCUT2D eigenvalue weighted by molar-refractivity contribution is 5.70. The SMILES string of the molecule is CC/C=C\C/C=C\C/C=C\C/C=C\C/C=C\CCCCCCCCCCCCCC(=O)OC(COC(=O)CCCCCCCCCCCCCCCCCCCCCCCCCCCCCCCCCCCCCCCC)COC(OCC[N+](C)(C)C)C(=O)[O-]. The predicted molar refractivity (Wildman–Crippen MR) is 385 cm³/mol. The van der Waals surface area contributed by atoms with Gasteiger partial charge in [0.25, 0.3) is 0 Å². The van der Waals surface area contributed by atoms with Crippen molar-refractivity contribution in [2.24, 2.45) is 0 Å². The molecule has 0 fully saturated rings. The van der Waals surface area contributed by atoms with Crippen LogP contribution in [0.2, 0.25) is 0 Å². The number of ether oxygens (including phenoxy) is 4. The summed E-state index contributed by atoms with van der Waals surface area (Å²) in [5.41, 5.74) is 0. The highest BCUT2D eigenvalue weighted by atomic mass is 16.7. The van der Waals surface area contributed by atoms with Crippen LogP contribution in [0.3, 0.4) is 0 Å². The van der Waals surface area contributed by atoms with Crippen LogP contribution in [-0.4, -0.2) is 82.3 Å². The predicted octanol–water partition coefficient (Wildman–Crippen LogP) is 23.3. The minimum atomic E-state index is -1.62. The number of unbranched alkanes of at least 4 members (excludes halogenated alkanes) is 48. The third-order valence-electron chi connectivity index (χ3n) is 17.5. The summed E-state index contributed by atoms with van der Waals surface area (Å²) in [6.45, 7) is 4.69. The summed E-state index contributed by atoms with van der Waals surface area (Å²) in [6, 6.07) is 0. The van der Waals surface area contributed by atoms with E-state index in [1.807, 2.05) is 21.1 Å². The lowest BCUT2D eigenvalue weighted by molar-refractivity contribution is -0.870. The fourth-order valence-corrected chi connectivity index (χ4v) is 11.6. The molecule has 0 heterocycles. The topological polar surface area (TPSA) is 111 Å². The van der Waals surface area contributed by atoms with E-state index >= 15 is 0 Å². The number of carboxylic acids is 1. The van der Waals surface area contributed by atoms with Gasteiger partial charge >= 0.3 is 11.9 Å². The molecule has 0 N–H and O–H groups in total. The van der Waals surface area contributed by atoms with Gasteiger partial charge in [-0.2, -0.15) is 0 Å². The number of nitrogens with zero attached hydrogens (tertiary/aromatic N) is 1. The zero-order valence-corrected chi connectivity index (χ0v) is 60.3. The summed E-state index contributed by atoms with van der Waals surface area (Å²) in [4.78, 5) is 37.6. The van der Waals surface area contributed by atoms with E-state index in [1.165, 1.54) is 270 Å².